The number of hydrogen-bond acceptors (Lipinski definition) is 4. The summed E-state index contributed by atoms with van der Waals surface area (Å²) < 4.78 is 10.4. The first-order chi connectivity index (χ1) is 11.9. The summed E-state index contributed by atoms with van der Waals surface area (Å²) >= 11 is 17.2. The van der Waals surface area contributed by atoms with Crippen LogP contribution >= 0.6 is 35.4 Å². The zero-order chi connectivity index (χ0) is 18.4. The van der Waals surface area contributed by atoms with Crippen molar-refractivity contribution in [3.05, 3.63) is 57.6 Å². The van der Waals surface area contributed by atoms with Crippen LogP contribution in [0.3, 0.4) is 0 Å². The molecular weight excluding hydrogens is 383 g/mol. The van der Waals surface area contributed by atoms with Crippen LogP contribution in [0.15, 0.2) is 36.4 Å². The fraction of sp³-hybridized carbons (Fsp3) is 0.176. The highest BCUT2D eigenvalue weighted by atomic mass is 35.5. The maximum Gasteiger partial charge on any atom is 0.257 e. The molecule has 132 valence electrons. The Morgan fingerprint density at radius 1 is 1.08 bits per heavy atom. The molecule has 2 N–H and O–H groups in total. The minimum Gasteiger partial charge on any atom is -0.493 e. The lowest BCUT2D eigenvalue weighted by molar-refractivity contribution is 0.0976. The number of rotatable bonds is 5. The van der Waals surface area contributed by atoms with E-state index in [0.29, 0.717) is 33.7 Å². The van der Waals surface area contributed by atoms with Gasteiger partial charge in [0.05, 0.1) is 14.2 Å². The van der Waals surface area contributed by atoms with Gasteiger partial charge in [0, 0.05) is 28.2 Å². The van der Waals surface area contributed by atoms with E-state index in [1.54, 1.807) is 43.5 Å². The second-order valence-corrected chi connectivity index (χ2v) is 6.19. The standard InChI is InChI=1S/C17H16Cl2N2O3S/c1-23-14-7-11(13(19)8-15(14)24-2)9-20-17(25)21-16(22)10-3-5-12(18)6-4-10/h3-8H,9H2,1-2H3,(H2,20,21,22,25). The molecule has 0 bridgehead atoms. The van der Waals surface area contributed by atoms with Crippen molar-refractivity contribution in [2.24, 2.45) is 0 Å². The highest BCUT2D eigenvalue weighted by Gasteiger charge is 2.11. The van der Waals surface area contributed by atoms with Crippen molar-refractivity contribution in [1.29, 1.82) is 0 Å². The van der Waals surface area contributed by atoms with E-state index in [-0.39, 0.29) is 11.0 Å². The average molecular weight is 399 g/mol. The lowest BCUT2D eigenvalue weighted by Gasteiger charge is -2.13. The molecule has 0 radical (unpaired) electrons. The molecule has 0 aromatic heterocycles. The normalized spacial score (nSPS) is 10.1. The minimum atomic E-state index is -0.326. The van der Waals surface area contributed by atoms with E-state index in [1.165, 1.54) is 7.11 Å². The summed E-state index contributed by atoms with van der Waals surface area (Å²) in [5, 5.41) is 6.77. The van der Waals surface area contributed by atoms with Gasteiger partial charge in [-0.1, -0.05) is 23.2 Å². The van der Waals surface area contributed by atoms with Crippen molar-refractivity contribution in [3.8, 4) is 11.5 Å². The molecule has 0 unspecified atom stereocenters. The van der Waals surface area contributed by atoms with E-state index in [4.69, 9.17) is 44.9 Å². The fourth-order valence-corrected chi connectivity index (χ4v) is 2.54. The number of carbonyl (C=O) groups excluding carboxylic acids is 1. The molecule has 0 saturated carbocycles. The number of thiocarbonyl (C=S) groups is 1. The molecule has 0 aliphatic carbocycles. The second-order valence-electron chi connectivity index (χ2n) is 4.94. The van der Waals surface area contributed by atoms with Crippen molar-refractivity contribution in [2.45, 2.75) is 6.54 Å². The summed E-state index contributed by atoms with van der Waals surface area (Å²) in [5.74, 6) is 0.766. The Morgan fingerprint density at radius 3 is 2.28 bits per heavy atom. The molecule has 0 aliphatic heterocycles. The van der Waals surface area contributed by atoms with Gasteiger partial charge in [-0.05, 0) is 48.1 Å². The van der Waals surface area contributed by atoms with E-state index in [9.17, 15) is 4.79 Å². The molecule has 0 aliphatic rings. The van der Waals surface area contributed by atoms with Crippen molar-refractivity contribution >= 4 is 46.4 Å². The molecule has 0 atom stereocenters. The van der Waals surface area contributed by atoms with Crippen molar-refractivity contribution in [3.63, 3.8) is 0 Å². The maximum atomic E-state index is 12.1. The largest absolute Gasteiger partial charge is 0.493 e. The predicted octanol–water partition coefficient (Wildman–Crippen LogP) is 3.82. The molecule has 0 spiro atoms. The van der Waals surface area contributed by atoms with Gasteiger partial charge < -0.3 is 14.8 Å². The molecule has 0 fully saturated rings. The van der Waals surface area contributed by atoms with Crippen LogP contribution in [-0.4, -0.2) is 25.2 Å². The molecule has 2 rings (SSSR count). The molecule has 2 aromatic rings. The summed E-state index contributed by atoms with van der Waals surface area (Å²) in [6.07, 6.45) is 0. The van der Waals surface area contributed by atoms with Gasteiger partial charge in [-0.25, -0.2) is 0 Å². The van der Waals surface area contributed by atoms with Crippen molar-refractivity contribution in [1.82, 2.24) is 10.6 Å². The zero-order valence-corrected chi connectivity index (χ0v) is 15.9. The van der Waals surface area contributed by atoms with Gasteiger partial charge in [-0.3, -0.25) is 10.1 Å². The SMILES string of the molecule is COc1cc(Cl)c(CNC(=S)NC(=O)c2ccc(Cl)cc2)cc1OC. The number of carbonyl (C=O) groups is 1. The van der Waals surface area contributed by atoms with Gasteiger partial charge in [0.1, 0.15) is 0 Å². The summed E-state index contributed by atoms with van der Waals surface area (Å²) in [4.78, 5) is 12.1. The Kier molecular flexibility index (Phi) is 6.87. The van der Waals surface area contributed by atoms with Crippen LogP contribution in [0.5, 0.6) is 11.5 Å². The zero-order valence-electron chi connectivity index (χ0n) is 13.6. The first kappa shape index (κ1) is 19.3. The van der Waals surface area contributed by atoms with Gasteiger partial charge in [-0.15, -0.1) is 0 Å². The predicted molar refractivity (Wildman–Crippen MR) is 103 cm³/mol. The van der Waals surface area contributed by atoms with E-state index in [0.717, 1.165) is 5.56 Å². The van der Waals surface area contributed by atoms with Crippen LogP contribution in [0.4, 0.5) is 0 Å². The molecular formula is C17H16Cl2N2O3S. The lowest BCUT2D eigenvalue weighted by atomic mass is 10.2. The number of amides is 1. The van der Waals surface area contributed by atoms with Crippen LogP contribution in [0, 0.1) is 0 Å². The van der Waals surface area contributed by atoms with Gasteiger partial charge in [0.25, 0.3) is 5.91 Å². The van der Waals surface area contributed by atoms with E-state index < -0.39 is 0 Å². The third kappa shape index (κ3) is 5.22. The van der Waals surface area contributed by atoms with E-state index in [1.807, 2.05) is 0 Å². The molecule has 5 nitrogen and oxygen atoms in total. The molecule has 2 aromatic carbocycles. The number of nitrogens with one attached hydrogen (secondary N) is 2. The Labute approximate surface area is 161 Å². The van der Waals surface area contributed by atoms with Gasteiger partial charge >= 0.3 is 0 Å². The Bertz CT molecular complexity index is 782. The molecule has 0 heterocycles. The van der Waals surface area contributed by atoms with Crippen LogP contribution in [0.1, 0.15) is 15.9 Å². The van der Waals surface area contributed by atoms with Crippen LogP contribution in [0.25, 0.3) is 0 Å². The lowest BCUT2D eigenvalue weighted by Crippen LogP contribution is -2.38. The summed E-state index contributed by atoms with van der Waals surface area (Å²) in [6.45, 7) is 0.318. The topological polar surface area (TPSA) is 59.6 Å². The monoisotopic (exact) mass is 398 g/mol. The number of halogens is 2. The number of ether oxygens (including phenoxy) is 2. The number of benzene rings is 2. The molecule has 0 saturated heterocycles. The van der Waals surface area contributed by atoms with Crippen LogP contribution in [-0.2, 0) is 6.54 Å². The molecule has 1 amide bonds. The first-order valence-corrected chi connectivity index (χ1v) is 8.36. The number of methoxy groups -OCH3 is 2. The van der Waals surface area contributed by atoms with Crippen molar-refractivity contribution in [2.75, 3.05) is 14.2 Å². The highest BCUT2D eigenvalue weighted by Crippen LogP contribution is 2.32. The van der Waals surface area contributed by atoms with Crippen LogP contribution in [0.2, 0.25) is 10.0 Å². The number of hydrogen-bond donors (Lipinski definition) is 2. The van der Waals surface area contributed by atoms with Gasteiger partial charge in [-0.2, -0.15) is 0 Å². The summed E-state index contributed by atoms with van der Waals surface area (Å²) in [5.41, 5.74) is 1.21. The highest BCUT2D eigenvalue weighted by molar-refractivity contribution is 7.80. The third-order valence-corrected chi connectivity index (χ3v) is 4.18. The van der Waals surface area contributed by atoms with Crippen molar-refractivity contribution < 1.29 is 14.3 Å². The van der Waals surface area contributed by atoms with E-state index in [2.05, 4.69) is 10.6 Å². The second kappa shape index (κ2) is 8.89. The summed E-state index contributed by atoms with van der Waals surface area (Å²) in [6, 6.07) is 9.91. The van der Waals surface area contributed by atoms with E-state index >= 15 is 0 Å². The Hall–Kier alpha value is -2.02. The fourth-order valence-electron chi connectivity index (χ4n) is 2.03. The minimum absolute atomic E-state index is 0.186. The smallest absolute Gasteiger partial charge is 0.257 e. The summed E-state index contributed by atoms with van der Waals surface area (Å²) in [7, 11) is 3.08. The van der Waals surface area contributed by atoms with Gasteiger partial charge in [0.15, 0.2) is 16.6 Å². The quantitative estimate of drug-likeness (QED) is 0.749. The molecule has 8 heteroatoms. The Balaban J connectivity index is 1.98. The van der Waals surface area contributed by atoms with Gasteiger partial charge in [0.2, 0.25) is 0 Å². The maximum absolute atomic E-state index is 12.1. The third-order valence-electron chi connectivity index (χ3n) is 3.33. The first-order valence-electron chi connectivity index (χ1n) is 7.19. The average Bonchev–Trinajstić information content (AvgIpc) is 2.60. The molecule has 25 heavy (non-hydrogen) atoms. The Morgan fingerprint density at radius 2 is 1.68 bits per heavy atom. The van der Waals surface area contributed by atoms with Crippen LogP contribution < -0.4 is 20.1 Å².